The minimum atomic E-state index is -3.74. The van der Waals surface area contributed by atoms with Crippen LogP contribution in [0.3, 0.4) is 0 Å². The zero-order chi connectivity index (χ0) is 24.6. The molecular formula is C24H33N3O5S. The average molecular weight is 476 g/mol. The van der Waals surface area contributed by atoms with Gasteiger partial charge in [0.2, 0.25) is 21.8 Å². The SMILES string of the molecule is CCNC(=O)[C@H](C)N(Cc1cccc(OC)c1)C(=O)CN(c1ccc(CC)cc1)S(C)(=O)=O. The largest absolute Gasteiger partial charge is 0.497 e. The molecule has 2 aromatic rings. The van der Waals surface area contributed by atoms with Crippen molar-refractivity contribution in [1.82, 2.24) is 10.2 Å². The molecule has 8 nitrogen and oxygen atoms in total. The predicted octanol–water partition coefficient (Wildman–Crippen LogP) is 2.58. The highest BCUT2D eigenvalue weighted by Crippen LogP contribution is 2.21. The van der Waals surface area contributed by atoms with Gasteiger partial charge in [0.05, 0.1) is 19.1 Å². The Morgan fingerprint density at radius 3 is 2.27 bits per heavy atom. The Hall–Kier alpha value is -3.07. The smallest absolute Gasteiger partial charge is 0.244 e. The monoisotopic (exact) mass is 475 g/mol. The van der Waals surface area contributed by atoms with Crippen molar-refractivity contribution in [2.75, 3.05) is 30.8 Å². The maximum Gasteiger partial charge on any atom is 0.244 e. The summed E-state index contributed by atoms with van der Waals surface area (Å²) in [6, 6.07) is 13.4. The molecule has 33 heavy (non-hydrogen) atoms. The van der Waals surface area contributed by atoms with Crippen molar-refractivity contribution in [3.05, 3.63) is 59.7 Å². The first kappa shape index (κ1) is 26.2. The molecule has 2 aromatic carbocycles. The van der Waals surface area contributed by atoms with Crippen LogP contribution in [0.5, 0.6) is 5.75 Å². The molecule has 0 unspecified atom stereocenters. The molecule has 0 spiro atoms. The first-order valence-electron chi connectivity index (χ1n) is 10.9. The normalized spacial score (nSPS) is 12.0. The van der Waals surface area contributed by atoms with Crippen molar-refractivity contribution in [2.24, 2.45) is 0 Å². The Morgan fingerprint density at radius 1 is 1.06 bits per heavy atom. The summed E-state index contributed by atoms with van der Waals surface area (Å²) in [7, 11) is -2.19. The van der Waals surface area contributed by atoms with Crippen molar-refractivity contribution >= 4 is 27.5 Å². The second-order valence-electron chi connectivity index (χ2n) is 7.73. The van der Waals surface area contributed by atoms with Crippen LogP contribution in [0.25, 0.3) is 0 Å². The molecule has 1 atom stereocenters. The molecule has 0 fully saturated rings. The summed E-state index contributed by atoms with van der Waals surface area (Å²) < 4.78 is 31.4. The number of hydrogen-bond donors (Lipinski definition) is 1. The fourth-order valence-corrected chi connectivity index (χ4v) is 4.23. The van der Waals surface area contributed by atoms with Crippen molar-refractivity contribution in [1.29, 1.82) is 0 Å². The number of benzene rings is 2. The van der Waals surface area contributed by atoms with Crippen molar-refractivity contribution in [3.8, 4) is 5.75 Å². The van der Waals surface area contributed by atoms with Gasteiger partial charge in [-0.05, 0) is 55.7 Å². The zero-order valence-corrected chi connectivity index (χ0v) is 20.7. The molecular weight excluding hydrogens is 442 g/mol. The fourth-order valence-electron chi connectivity index (χ4n) is 3.38. The number of anilines is 1. The van der Waals surface area contributed by atoms with Crippen molar-refractivity contribution in [3.63, 3.8) is 0 Å². The topological polar surface area (TPSA) is 96.0 Å². The van der Waals surface area contributed by atoms with Gasteiger partial charge in [-0.3, -0.25) is 13.9 Å². The van der Waals surface area contributed by atoms with Gasteiger partial charge in [0.25, 0.3) is 0 Å². The van der Waals surface area contributed by atoms with E-state index in [-0.39, 0.29) is 12.5 Å². The molecule has 0 saturated heterocycles. The number of sulfonamides is 1. The van der Waals surface area contributed by atoms with E-state index in [9.17, 15) is 18.0 Å². The summed E-state index contributed by atoms with van der Waals surface area (Å²) in [5.41, 5.74) is 2.22. The van der Waals surface area contributed by atoms with Crippen LogP contribution in [0.4, 0.5) is 5.69 Å². The average Bonchev–Trinajstić information content (AvgIpc) is 2.80. The number of aryl methyl sites for hydroxylation is 1. The highest BCUT2D eigenvalue weighted by Gasteiger charge is 2.30. The Morgan fingerprint density at radius 2 is 1.73 bits per heavy atom. The molecule has 0 radical (unpaired) electrons. The van der Waals surface area contributed by atoms with Crippen LogP contribution in [-0.2, 0) is 32.6 Å². The quantitative estimate of drug-likeness (QED) is 0.539. The van der Waals surface area contributed by atoms with Gasteiger partial charge in [-0.25, -0.2) is 8.42 Å². The van der Waals surface area contributed by atoms with Gasteiger partial charge in [0.15, 0.2) is 0 Å². The number of carbonyl (C=O) groups is 2. The molecule has 2 amide bonds. The first-order valence-corrected chi connectivity index (χ1v) is 12.7. The second kappa shape index (κ2) is 11.7. The van der Waals surface area contributed by atoms with Crippen LogP contribution in [0.1, 0.15) is 31.9 Å². The number of methoxy groups -OCH3 is 1. The molecule has 0 bridgehead atoms. The minimum Gasteiger partial charge on any atom is -0.497 e. The van der Waals surface area contributed by atoms with E-state index >= 15 is 0 Å². The van der Waals surface area contributed by atoms with E-state index in [1.54, 1.807) is 51.3 Å². The van der Waals surface area contributed by atoms with Crippen LogP contribution < -0.4 is 14.4 Å². The van der Waals surface area contributed by atoms with E-state index < -0.39 is 28.5 Å². The number of nitrogens with zero attached hydrogens (tertiary/aromatic N) is 2. The highest BCUT2D eigenvalue weighted by molar-refractivity contribution is 7.92. The Labute approximate surface area is 196 Å². The molecule has 0 aliphatic rings. The van der Waals surface area contributed by atoms with E-state index in [4.69, 9.17) is 4.74 Å². The summed E-state index contributed by atoms with van der Waals surface area (Å²) in [6.45, 7) is 5.56. The van der Waals surface area contributed by atoms with Gasteiger partial charge < -0.3 is 15.0 Å². The Balaban J connectivity index is 2.38. The third-order valence-corrected chi connectivity index (χ3v) is 6.46. The maximum absolute atomic E-state index is 13.4. The number of amides is 2. The number of likely N-dealkylation sites (N-methyl/N-ethyl adjacent to an activating group) is 1. The number of rotatable bonds is 11. The first-order chi connectivity index (χ1) is 15.6. The van der Waals surface area contributed by atoms with Crippen LogP contribution >= 0.6 is 0 Å². The summed E-state index contributed by atoms with van der Waals surface area (Å²) >= 11 is 0. The van der Waals surface area contributed by atoms with Gasteiger partial charge in [0.1, 0.15) is 18.3 Å². The van der Waals surface area contributed by atoms with E-state index in [2.05, 4.69) is 5.32 Å². The van der Waals surface area contributed by atoms with Crippen LogP contribution in [0.2, 0.25) is 0 Å². The number of ether oxygens (including phenoxy) is 1. The lowest BCUT2D eigenvalue weighted by atomic mass is 10.1. The molecule has 0 aliphatic carbocycles. The number of hydrogen-bond acceptors (Lipinski definition) is 5. The fraction of sp³-hybridized carbons (Fsp3) is 0.417. The molecule has 9 heteroatoms. The third-order valence-electron chi connectivity index (χ3n) is 5.32. The number of nitrogens with one attached hydrogen (secondary N) is 1. The van der Waals surface area contributed by atoms with E-state index in [1.165, 1.54) is 4.90 Å². The third kappa shape index (κ3) is 7.21. The van der Waals surface area contributed by atoms with E-state index in [0.29, 0.717) is 18.0 Å². The van der Waals surface area contributed by atoms with Gasteiger partial charge in [0, 0.05) is 13.1 Å². The van der Waals surface area contributed by atoms with Gasteiger partial charge in [-0.15, -0.1) is 0 Å². The van der Waals surface area contributed by atoms with Crippen LogP contribution in [0.15, 0.2) is 48.5 Å². The summed E-state index contributed by atoms with van der Waals surface area (Å²) in [5.74, 6) is -0.173. The highest BCUT2D eigenvalue weighted by atomic mass is 32.2. The van der Waals surface area contributed by atoms with Gasteiger partial charge >= 0.3 is 0 Å². The Kier molecular flexibility index (Phi) is 9.28. The summed E-state index contributed by atoms with van der Waals surface area (Å²) in [6.07, 6.45) is 1.88. The summed E-state index contributed by atoms with van der Waals surface area (Å²) in [5, 5.41) is 2.73. The second-order valence-corrected chi connectivity index (χ2v) is 9.64. The van der Waals surface area contributed by atoms with Gasteiger partial charge in [-0.2, -0.15) is 0 Å². The minimum absolute atomic E-state index is 0.126. The lowest BCUT2D eigenvalue weighted by Crippen LogP contribution is -2.51. The Bertz CT molecular complexity index is 1050. The van der Waals surface area contributed by atoms with E-state index in [0.717, 1.165) is 28.1 Å². The molecule has 180 valence electrons. The van der Waals surface area contributed by atoms with Crippen molar-refractivity contribution in [2.45, 2.75) is 39.8 Å². The molecule has 0 aliphatic heterocycles. The molecule has 0 saturated carbocycles. The maximum atomic E-state index is 13.4. The molecule has 2 rings (SSSR count). The van der Waals surface area contributed by atoms with Crippen molar-refractivity contribution < 1.29 is 22.7 Å². The number of carbonyl (C=O) groups excluding carboxylic acids is 2. The molecule has 0 heterocycles. The summed E-state index contributed by atoms with van der Waals surface area (Å²) in [4.78, 5) is 27.4. The van der Waals surface area contributed by atoms with Crippen LogP contribution in [0, 0.1) is 0 Å². The lowest BCUT2D eigenvalue weighted by Gasteiger charge is -2.31. The zero-order valence-electron chi connectivity index (χ0n) is 19.9. The van der Waals surface area contributed by atoms with Gasteiger partial charge in [-0.1, -0.05) is 31.2 Å². The standard InChI is InChI=1S/C24H33N3O5S/c1-6-19-11-13-21(14-12-19)27(33(5,30)31)17-23(28)26(18(3)24(29)25-7-2)16-20-9-8-10-22(15-20)32-4/h8-15,18H,6-7,16-17H2,1-5H3,(H,25,29)/t18-/m0/s1. The van der Waals surface area contributed by atoms with E-state index in [1.807, 2.05) is 25.1 Å². The predicted molar refractivity (Wildman–Crippen MR) is 130 cm³/mol. The molecule has 0 aromatic heterocycles. The lowest BCUT2D eigenvalue weighted by molar-refractivity contribution is -0.139. The molecule has 1 N–H and O–H groups in total. The van der Waals surface area contributed by atoms with Crippen LogP contribution in [-0.4, -0.2) is 57.6 Å².